The van der Waals surface area contributed by atoms with Crippen LogP contribution in [0.3, 0.4) is 0 Å². The van der Waals surface area contributed by atoms with Crippen molar-refractivity contribution in [2.75, 3.05) is 0 Å². The van der Waals surface area contributed by atoms with Crippen molar-refractivity contribution in [1.29, 1.82) is 0 Å². The molecule has 1 saturated heterocycles. The topological polar surface area (TPSA) is 20.3 Å². The van der Waals surface area contributed by atoms with Crippen molar-refractivity contribution in [2.24, 2.45) is 0 Å². The Labute approximate surface area is 92.0 Å². The number of carbonyl (C=O) groups excluding carboxylic acids is 1. The molecule has 0 aliphatic carbocycles. The number of β-lactam (4-membered cyclic amide) rings is 1. The number of nitrogens with zero attached hydrogens (tertiary/aromatic N) is 1. The Morgan fingerprint density at radius 3 is 3.09 bits per heavy atom. The van der Waals surface area contributed by atoms with Gasteiger partial charge in [-0.3, -0.25) is 9.69 Å². The van der Waals surface area contributed by atoms with Gasteiger partial charge in [-0.25, -0.2) is 0 Å². The molecule has 2 rings (SSSR count). The van der Waals surface area contributed by atoms with Gasteiger partial charge in [0.1, 0.15) is 5.37 Å². The third kappa shape index (κ3) is 1.20. The van der Waals surface area contributed by atoms with E-state index in [-0.39, 0.29) is 35.5 Å². The molecule has 2 aliphatic heterocycles. The van der Waals surface area contributed by atoms with Crippen LogP contribution < -0.4 is 0 Å². The third-order valence-electron chi connectivity index (χ3n) is 1.74. The minimum absolute atomic E-state index is 0. The summed E-state index contributed by atoms with van der Waals surface area (Å²) >= 11 is 1.68. The van der Waals surface area contributed by atoms with Crippen LogP contribution in [0.1, 0.15) is 6.92 Å². The van der Waals surface area contributed by atoms with Gasteiger partial charge >= 0.3 is 29.6 Å². The molecule has 4 heteroatoms. The van der Waals surface area contributed by atoms with E-state index in [0.717, 1.165) is 5.57 Å². The summed E-state index contributed by atoms with van der Waals surface area (Å²) in [4.78, 5) is 12.8. The zero-order chi connectivity index (χ0) is 7.14. The van der Waals surface area contributed by atoms with Crippen molar-refractivity contribution in [2.45, 2.75) is 12.3 Å². The standard InChI is InChI=1S/C7H7NOS.Na.H/c1-2-5-6(9)8-3-4-10-7(5)8;;/h2-4,7H,1H3;;/t7-;;/m1../s1. The van der Waals surface area contributed by atoms with E-state index in [1.165, 1.54) is 0 Å². The fraction of sp³-hybridized carbons (Fsp3) is 0.286. The number of hydrogen-bond acceptors (Lipinski definition) is 2. The zero-order valence-electron chi connectivity index (χ0n) is 5.57. The Hall–Kier alpha value is 0.300. The van der Waals surface area contributed by atoms with Crippen LogP contribution in [-0.2, 0) is 4.79 Å². The van der Waals surface area contributed by atoms with Gasteiger partial charge in [-0.2, -0.15) is 0 Å². The second-order valence-electron chi connectivity index (χ2n) is 2.23. The van der Waals surface area contributed by atoms with Crippen LogP contribution >= 0.6 is 11.8 Å². The van der Waals surface area contributed by atoms with Gasteiger partial charge in [-0.15, -0.1) is 11.8 Å². The summed E-state index contributed by atoms with van der Waals surface area (Å²) in [5, 5.41) is 2.26. The molecular weight excluding hydrogens is 169 g/mol. The van der Waals surface area contributed by atoms with E-state index in [0.29, 0.717) is 5.37 Å². The van der Waals surface area contributed by atoms with Gasteiger partial charge in [0.15, 0.2) is 0 Å². The molecule has 0 aromatic rings. The first-order chi connectivity index (χ1) is 4.84. The van der Waals surface area contributed by atoms with Crippen LogP contribution in [0.5, 0.6) is 0 Å². The van der Waals surface area contributed by atoms with E-state index < -0.39 is 0 Å². The van der Waals surface area contributed by atoms with E-state index >= 15 is 0 Å². The van der Waals surface area contributed by atoms with Gasteiger partial charge < -0.3 is 0 Å². The molecule has 0 bridgehead atoms. The SMILES string of the molecule is CC=C1C(=O)N2C=CS[C@H]12.[NaH]. The first-order valence-electron chi connectivity index (χ1n) is 3.15. The van der Waals surface area contributed by atoms with Gasteiger partial charge in [-0.05, 0) is 12.3 Å². The normalized spacial score (nSPS) is 29.9. The molecule has 0 N–H and O–H groups in total. The average molecular weight is 177 g/mol. The van der Waals surface area contributed by atoms with Gasteiger partial charge in [-0.1, -0.05) is 6.08 Å². The predicted octanol–water partition coefficient (Wildman–Crippen LogP) is 0.670. The molecule has 1 amide bonds. The van der Waals surface area contributed by atoms with Crippen molar-refractivity contribution >= 4 is 47.2 Å². The van der Waals surface area contributed by atoms with Crippen molar-refractivity contribution in [3.05, 3.63) is 23.3 Å². The summed E-state index contributed by atoms with van der Waals surface area (Å²) in [6.07, 6.45) is 3.73. The quantitative estimate of drug-likeness (QED) is 0.308. The Balaban J connectivity index is 0.000000605. The predicted molar refractivity (Wildman–Crippen MR) is 48.3 cm³/mol. The van der Waals surface area contributed by atoms with Gasteiger partial charge in [0, 0.05) is 11.8 Å². The molecule has 1 atom stereocenters. The van der Waals surface area contributed by atoms with Crippen LogP contribution in [0.2, 0.25) is 0 Å². The van der Waals surface area contributed by atoms with E-state index in [4.69, 9.17) is 0 Å². The third-order valence-corrected chi connectivity index (χ3v) is 2.76. The van der Waals surface area contributed by atoms with Gasteiger partial charge in [0.2, 0.25) is 0 Å². The van der Waals surface area contributed by atoms with Crippen LogP contribution in [0, 0.1) is 0 Å². The zero-order valence-corrected chi connectivity index (χ0v) is 6.39. The van der Waals surface area contributed by atoms with Crippen molar-refractivity contribution in [3.63, 3.8) is 0 Å². The molecular formula is C7H8NNaOS. The number of amides is 1. The molecule has 2 nitrogen and oxygen atoms in total. The summed E-state index contributed by atoms with van der Waals surface area (Å²) in [5.41, 5.74) is 0.940. The first kappa shape index (κ1) is 9.39. The Morgan fingerprint density at radius 1 is 1.73 bits per heavy atom. The van der Waals surface area contributed by atoms with Crippen molar-refractivity contribution in [3.8, 4) is 0 Å². The second-order valence-corrected chi connectivity index (χ2v) is 3.22. The minimum atomic E-state index is 0. The van der Waals surface area contributed by atoms with Crippen LogP contribution in [0.25, 0.3) is 0 Å². The number of carbonyl (C=O) groups is 1. The summed E-state index contributed by atoms with van der Waals surface area (Å²) in [5.74, 6) is 0.161. The first-order valence-corrected chi connectivity index (χ1v) is 4.10. The summed E-state index contributed by atoms with van der Waals surface area (Å²) in [6, 6.07) is 0. The summed E-state index contributed by atoms with van der Waals surface area (Å²) in [6.45, 7) is 1.91. The van der Waals surface area contributed by atoms with E-state index in [1.54, 1.807) is 16.7 Å². The molecule has 54 valence electrons. The summed E-state index contributed by atoms with van der Waals surface area (Å²) in [7, 11) is 0. The average Bonchev–Trinajstić information content (AvgIpc) is 2.33. The monoisotopic (exact) mass is 177 g/mol. The molecule has 0 aromatic carbocycles. The van der Waals surface area contributed by atoms with Crippen molar-refractivity contribution < 1.29 is 4.79 Å². The van der Waals surface area contributed by atoms with Crippen LogP contribution in [-0.4, -0.2) is 45.7 Å². The summed E-state index contributed by atoms with van der Waals surface area (Å²) < 4.78 is 0. The molecule has 2 aliphatic rings. The molecule has 11 heavy (non-hydrogen) atoms. The number of rotatable bonds is 0. The molecule has 0 spiro atoms. The van der Waals surface area contributed by atoms with Crippen molar-refractivity contribution in [1.82, 2.24) is 4.90 Å². The van der Waals surface area contributed by atoms with Gasteiger partial charge in [0.25, 0.3) is 5.91 Å². The fourth-order valence-electron chi connectivity index (χ4n) is 1.17. The maximum absolute atomic E-state index is 11.1. The molecule has 0 radical (unpaired) electrons. The molecule has 0 saturated carbocycles. The maximum atomic E-state index is 11.1. The molecule has 0 aromatic heterocycles. The molecule has 0 unspecified atom stereocenters. The Bertz CT molecular complexity index is 249. The number of hydrogen-bond donors (Lipinski definition) is 0. The van der Waals surface area contributed by atoms with Gasteiger partial charge in [0.05, 0.1) is 0 Å². The number of allylic oxidation sites excluding steroid dienone is 1. The van der Waals surface area contributed by atoms with E-state index in [9.17, 15) is 4.79 Å². The van der Waals surface area contributed by atoms with Crippen LogP contribution in [0.15, 0.2) is 23.3 Å². The second kappa shape index (κ2) is 3.35. The molecule has 1 fully saturated rings. The fourth-order valence-corrected chi connectivity index (χ4v) is 2.20. The molecule has 2 heterocycles. The van der Waals surface area contributed by atoms with E-state index in [2.05, 4.69) is 0 Å². The van der Waals surface area contributed by atoms with Crippen LogP contribution in [0.4, 0.5) is 0 Å². The Kier molecular flexibility index (Phi) is 2.86. The number of thioether (sulfide) groups is 1. The van der Waals surface area contributed by atoms with E-state index in [1.807, 2.05) is 24.6 Å². The number of fused-ring (bicyclic) bond motifs is 1. The Morgan fingerprint density at radius 2 is 2.45 bits per heavy atom.